The smallest absolute Gasteiger partial charge is 0.251 e. The fraction of sp³-hybridized carbons (Fsp3) is 0.294. The fourth-order valence-corrected chi connectivity index (χ4v) is 2.40. The van der Waals surface area contributed by atoms with Crippen LogP contribution in [-0.2, 0) is 13.5 Å². The number of H-pyrrole nitrogens is 1. The van der Waals surface area contributed by atoms with Crippen LogP contribution < -0.4 is 10.9 Å². The van der Waals surface area contributed by atoms with Gasteiger partial charge in [-0.25, -0.2) is 9.97 Å². The maximum Gasteiger partial charge on any atom is 0.251 e. The number of nitrogens with zero attached hydrogens (tertiary/aromatic N) is 4. The molecule has 0 saturated heterocycles. The maximum atomic E-state index is 11.7. The van der Waals surface area contributed by atoms with Crippen LogP contribution in [-0.4, -0.2) is 36.4 Å². The van der Waals surface area contributed by atoms with Crippen molar-refractivity contribution in [2.24, 2.45) is 7.05 Å². The second kappa shape index (κ2) is 7.27. The summed E-state index contributed by atoms with van der Waals surface area (Å²) in [6.45, 7) is 2.27. The number of nitrogens with one attached hydrogen (secondary N) is 2. The molecule has 3 rings (SSSR count). The van der Waals surface area contributed by atoms with E-state index >= 15 is 0 Å². The Bertz CT molecular complexity index is 900. The van der Waals surface area contributed by atoms with Crippen molar-refractivity contribution in [3.8, 4) is 11.4 Å². The Morgan fingerprint density at radius 3 is 2.84 bits per heavy atom. The number of pyridine rings is 1. The Morgan fingerprint density at radius 2 is 2.20 bits per heavy atom. The highest BCUT2D eigenvalue weighted by atomic mass is 16.3. The maximum absolute atomic E-state index is 11.7. The predicted octanol–water partition coefficient (Wildman–Crippen LogP) is 1.27. The molecule has 0 aliphatic carbocycles. The van der Waals surface area contributed by atoms with Gasteiger partial charge in [-0.1, -0.05) is 6.92 Å². The van der Waals surface area contributed by atoms with E-state index in [1.807, 2.05) is 13.0 Å². The van der Waals surface area contributed by atoms with Gasteiger partial charge in [0.15, 0.2) is 0 Å². The van der Waals surface area contributed by atoms with Crippen molar-refractivity contribution < 1.29 is 5.11 Å². The Labute approximate surface area is 144 Å². The molecule has 0 radical (unpaired) electrons. The van der Waals surface area contributed by atoms with Crippen molar-refractivity contribution in [3.63, 3.8) is 0 Å². The number of hydrogen-bond acceptors (Lipinski definition) is 6. The summed E-state index contributed by atoms with van der Waals surface area (Å²) in [7, 11) is 1.80. The first-order chi connectivity index (χ1) is 12.0. The van der Waals surface area contributed by atoms with Gasteiger partial charge in [0.05, 0.1) is 12.3 Å². The van der Waals surface area contributed by atoms with E-state index in [1.165, 1.54) is 6.07 Å². The summed E-state index contributed by atoms with van der Waals surface area (Å²) < 4.78 is 1.64. The summed E-state index contributed by atoms with van der Waals surface area (Å²) in [5.41, 5.74) is 2.03. The van der Waals surface area contributed by atoms with Crippen molar-refractivity contribution >= 4 is 5.82 Å². The van der Waals surface area contributed by atoms with Gasteiger partial charge in [-0.2, -0.15) is 5.10 Å². The number of aliphatic hydroxyl groups is 1. The summed E-state index contributed by atoms with van der Waals surface area (Å²) in [6.07, 6.45) is 5.05. The Balaban J connectivity index is 1.68. The van der Waals surface area contributed by atoms with E-state index in [0.29, 0.717) is 24.6 Å². The van der Waals surface area contributed by atoms with Crippen LogP contribution in [0.2, 0.25) is 0 Å². The topological polar surface area (TPSA) is 109 Å². The number of aliphatic hydroxyl groups excluding tert-OH is 1. The molecular formula is C17H20N6O2. The van der Waals surface area contributed by atoms with Crippen molar-refractivity contribution in [2.75, 3.05) is 11.9 Å². The molecule has 0 saturated carbocycles. The lowest BCUT2D eigenvalue weighted by molar-refractivity contribution is 0.191. The molecule has 8 nitrogen and oxygen atoms in total. The fourth-order valence-electron chi connectivity index (χ4n) is 2.40. The third kappa shape index (κ3) is 4.10. The lowest BCUT2D eigenvalue weighted by Gasteiger charge is -2.11. The zero-order valence-electron chi connectivity index (χ0n) is 14.1. The third-order valence-corrected chi connectivity index (χ3v) is 3.78. The van der Waals surface area contributed by atoms with Crippen LogP contribution in [0.15, 0.2) is 41.6 Å². The standard InChI is InChI=1S/C17H20N6O2/c1-3-13-6-16(25)22-17(21-13)11-4-5-15(18-7-11)19-9-14(24)12-8-20-23(2)10-12/h4-8,10,14,24H,3,9H2,1-2H3,(H,18,19)(H,21,22,25). The van der Waals surface area contributed by atoms with E-state index in [9.17, 15) is 9.90 Å². The van der Waals surface area contributed by atoms with E-state index in [2.05, 4.69) is 25.4 Å². The first-order valence-corrected chi connectivity index (χ1v) is 8.02. The molecule has 130 valence electrons. The van der Waals surface area contributed by atoms with Gasteiger partial charge in [0, 0.05) is 48.9 Å². The third-order valence-electron chi connectivity index (χ3n) is 3.78. The zero-order chi connectivity index (χ0) is 17.8. The average Bonchev–Trinajstić information content (AvgIpc) is 3.06. The monoisotopic (exact) mass is 340 g/mol. The van der Waals surface area contributed by atoms with Gasteiger partial charge in [-0.3, -0.25) is 9.48 Å². The summed E-state index contributed by atoms with van der Waals surface area (Å²) in [5, 5.41) is 17.2. The van der Waals surface area contributed by atoms with E-state index in [0.717, 1.165) is 16.8 Å². The molecular weight excluding hydrogens is 320 g/mol. The number of aryl methyl sites for hydroxylation is 2. The minimum absolute atomic E-state index is 0.177. The molecule has 8 heteroatoms. The molecule has 0 bridgehead atoms. The van der Waals surface area contributed by atoms with Gasteiger partial charge in [-0.05, 0) is 18.6 Å². The largest absolute Gasteiger partial charge is 0.386 e. The summed E-state index contributed by atoms with van der Waals surface area (Å²) in [6, 6.07) is 5.10. The summed E-state index contributed by atoms with van der Waals surface area (Å²) >= 11 is 0. The lowest BCUT2D eigenvalue weighted by Crippen LogP contribution is -2.13. The molecule has 3 aromatic heterocycles. The number of aromatic nitrogens is 5. The second-order valence-corrected chi connectivity index (χ2v) is 5.72. The molecule has 0 amide bonds. The van der Waals surface area contributed by atoms with Crippen LogP contribution in [0.25, 0.3) is 11.4 Å². The molecule has 3 aromatic rings. The summed E-state index contributed by atoms with van der Waals surface area (Å²) in [4.78, 5) is 23.1. The van der Waals surface area contributed by atoms with E-state index < -0.39 is 6.10 Å². The molecule has 0 aromatic carbocycles. The summed E-state index contributed by atoms with van der Waals surface area (Å²) in [5.74, 6) is 1.12. The second-order valence-electron chi connectivity index (χ2n) is 5.72. The van der Waals surface area contributed by atoms with Crippen molar-refractivity contribution in [3.05, 3.63) is 58.4 Å². The van der Waals surface area contributed by atoms with Crippen LogP contribution in [0.4, 0.5) is 5.82 Å². The number of anilines is 1. The van der Waals surface area contributed by atoms with Gasteiger partial charge in [-0.15, -0.1) is 0 Å². The van der Waals surface area contributed by atoms with Crippen molar-refractivity contribution in [1.29, 1.82) is 0 Å². The molecule has 25 heavy (non-hydrogen) atoms. The highest BCUT2D eigenvalue weighted by molar-refractivity contribution is 5.55. The molecule has 0 fully saturated rings. The van der Waals surface area contributed by atoms with Gasteiger partial charge in [0.1, 0.15) is 11.6 Å². The van der Waals surface area contributed by atoms with Crippen LogP contribution in [0, 0.1) is 0 Å². The highest BCUT2D eigenvalue weighted by Crippen LogP contribution is 2.16. The van der Waals surface area contributed by atoms with Gasteiger partial charge in [0.2, 0.25) is 0 Å². The minimum atomic E-state index is -0.672. The first kappa shape index (κ1) is 16.8. The average molecular weight is 340 g/mol. The predicted molar refractivity (Wildman–Crippen MR) is 94.1 cm³/mol. The lowest BCUT2D eigenvalue weighted by atomic mass is 10.2. The Kier molecular flexibility index (Phi) is 4.90. The van der Waals surface area contributed by atoms with Crippen LogP contribution in [0.1, 0.15) is 24.3 Å². The van der Waals surface area contributed by atoms with E-state index in [4.69, 9.17) is 0 Å². The van der Waals surface area contributed by atoms with Gasteiger partial charge in [0.25, 0.3) is 5.56 Å². The van der Waals surface area contributed by atoms with Crippen LogP contribution in [0.5, 0.6) is 0 Å². The SMILES string of the molecule is CCc1cc(=O)[nH]c(-c2ccc(NCC(O)c3cnn(C)c3)nc2)n1. The zero-order valence-corrected chi connectivity index (χ0v) is 14.1. The number of hydrogen-bond donors (Lipinski definition) is 3. The molecule has 3 N–H and O–H groups in total. The molecule has 1 atom stereocenters. The normalized spacial score (nSPS) is 12.1. The minimum Gasteiger partial charge on any atom is -0.386 e. The molecule has 0 aliphatic heterocycles. The van der Waals surface area contributed by atoms with Gasteiger partial charge < -0.3 is 15.4 Å². The van der Waals surface area contributed by atoms with Crippen LogP contribution >= 0.6 is 0 Å². The highest BCUT2D eigenvalue weighted by Gasteiger charge is 2.10. The molecule has 1 unspecified atom stereocenters. The first-order valence-electron chi connectivity index (χ1n) is 8.02. The molecule has 0 aliphatic rings. The molecule has 0 spiro atoms. The van der Waals surface area contributed by atoms with E-state index in [1.54, 1.807) is 36.4 Å². The van der Waals surface area contributed by atoms with Gasteiger partial charge >= 0.3 is 0 Å². The Morgan fingerprint density at radius 1 is 1.36 bits per heavy atom. The van der Waals surface area contributed by atoms with E-state index in [-0.39, 0.29) is 5.56 Å². The Hall–Kier alpha value is -3.00. The molecule has 3 heterocycles. The number of aromatic amines is 1. The van der Waals surface area contributed by atoms with Crippen molar-refractivity contribution in [2.45, 2.75) is 19.4 Å². The van der Waals surface area contributed by atoms with Crippen molar-refractivity contribution in [1.82, 2.24) is 24.7 Å². The quantitative estimate of drug-likeness (QED) is 0.624. The van der Waals surface area contributed by atoms with Crippen LogP contribution in [0.3, 0.4) is 0 Å². The number of rotatable bonds is 6.